The van der Waals surface area contributed by atoms with Gasteiger partial charge in [0.2, 0.25) is 5.91 Å². The molecule has 1 fully saturated rings. The van der Waals surface area contributed by atoms with Gasteiger partial charge in [0.15, 0.2) is 0 Å². The molecule has 0 heterocycles. The van der Waals surface area contributed by atoms with Gasteiger partial charge in [-0.2, -0.15) is 0 Å². The monoisotopic (exact) mass is 254 g/mol. The molecule has 0 aromatic rings. The molecular formula is C15H30N2O. The second-order valence-electron chi connectivity index (χ2n) is 5.97. The summed E-state index contributed by atoms with van der Waals surface area (Å²) in [6.45, 7) is 5.96. The van der Waals surface area contributed by atoms with Crippen molar-refractivity contribution in [3.05, 3.63) is 0 Å². The highest BCUT2D eigenvalue weighted by molar-refractivity contribution is 5.78. The molecular weight excluding hydrogens is 224 g/mol. The zero-order valence-corrected chi connectivity index (χ0v) is 12.1. The van der Waals surface area contributed by atoms with Crippen molar-refractivity contribution in [3.8, 4) is 0 Å². The number of carbonyl (C=O) groups is 1. The number of nitrogens with one attached hydrogen (secondary N) is 2. The second-order valence-corrected chi connectivity index (χ2v) is 5.97. The molecule has 0 bridgehead atoms. The molecule has 0 unspecified atom stereocenters. The molecule has 0 aliphatic heterocycles. The van der Waals surface area contributed by atoms with Gasteiger partial charge in [0, 0.05) is 6.04 Å². The van der Waals surface area contributed by atoms with Crippen molar-refractivity contribution in [3.63, 3.8) is 0 Å². The molecule has 0 aromatic carbocycles. The van der Waals surface area contributed by atoms with Crippen LogP contribution in [0, 0.1) is 5.92 Å². The van der Waals surface area contributed by atoms with Crippen LogP contribution in [0.4, 0.5) is 0 Å². The van der Waals surface area contributed by atoms with Gasteiger partial charge in [0.05, 0.1) is 6.54 Å². The van der Waals surface area contributed by atoms with Crippen LogP contribution < -0.4 is 10.6 Å². The number of amides is 1. The first kappa shape index (κ1) is 15.5. The van der Waals surface area contributed by atoms with Crippen LogP contribution in [0.25, 0.3) is 0 Å². The van der Waals surface area contributed by atoms with Crippen molar-refractivity contribution in [2.45, 2.75) is 71.3 Å². The van der Waals surface area contributed by atoms with Gasteiger partial charge in [-0.1, -0.05) is 46.0 Å². The van der Waals surface area contributed by atoms with Gasteiger partial charge in [-0.15, -0.1) is 0 Å². The first-order chi connectivity index (χ1) is 8.68. The Balaban J connectivity index is 1.93. The largest absolute Gasteiger partial charge is 0.352 e. The van der Waals surface area contributed by atoms with E-state index in [0.29, 0.717) is 12.6 Å². The fourth-order valence-electron chi connectivity index (χ4n) is 2.53. The van der Waals surface area contributed by atoms with E-state index in [1.807, 2.05) is 0 Å². The summed E-state index contributed by atoms with van der Waals surface area (Å²) in [7, 11) is 0. The van der Waals surface area contributed by atoms with E-state index >= 15 is 0 Å². The highest BCUT2D eigenvalue weighted by atomic mass is 16.1. The molecule has 0 radical (unpaired) electrons. The standard InChI is InChI=1S/C15H30N2O/c1-13(2)8-6-7-11-16-12-15(18)17-14-9-4-3-5-10-14/h13-14,16H,3-12H2,1-2H3,(H,17,18). The quantitative estimate of drug-likeness (QED) is 0.654. The number of unbranched alkanes of at least 4 members (excludes halogenated alkanes) is 1. The smallest absolute Gasteiger partial charge is 0.234 e. The number of hydrogen-bond donors (Lipinski definition) is 2. The Bertz CT molecular complexity index is 223. The summed E-state index contributed by atoms with van der Waals surface area (Å²) >= 11 is 0. The van der Waals surface area contributed by atoms with Gasteiger partial charge >= 0.3 is 0 Å². The van der Waals surface area contributed by atoms with Crippen LogP contribution >= 0.6 is 0 Å². The zero-order chi connectivity index (χ0) is 13.2. The number of rotatable bonds is 8. The molecule has 106 valence electrons. The Morgan fingerprint density at radius 2 is 1.89 bits per heavy atom. The van der Waals surface area contributed by atoms with Crippen LogP contribution in [-0.4, -0.2) is 25.0 Å². The van der Waals surface area contributed by atoms with Crippen LogP contribution in [-0.2, 0) is 4.79 Å². The molecule has 0 spiro atoms. The third-order valence-corrected chi connectivity index (χ3v) is 3.64. The summed E-state index contributed by atoms with van der Waals surface area (Å²) in [5, 5.41) is 6.36. The molecule has 1 aliphatic carbocycles. The molecule has 18 heavy (non-hydrogen) atoms. The molecule has 1 amide bonds. The molecule has 3 heteroatoms. The van der Waals surface area contributed by atoms with E-state index in [-0.39, 0.29) is 5.91 Å². The molecule has 1 aliphatic rings. The van der Waals surface area contributed by atoms with Crippen LogP contribution in [0.3, 0.4) is 0 Å². The van der Waals surface area contributed by atoms with Crippen molar-refractivity contribution in [1.29, 1.82) is 0 Å². The van der Waals surface area contributed by atoms with Gasteiger partial charge < -0.3 is 10.6 Å². The molecule has 0 atom stereocenters. The Hall–Kier alpha value is -0.570. The summed E-state index contributed by atoms with van der Waals surface area (Å²) < 4.78 is 0. The molecule has 1 rings (SSSR count). The van der Waals surface area contributed by atoms with E-state index in [9.17, 15) is 4.79 Å². The van der Waals surface area contributed by atoms with Gasteiger partial charge in [-0.05, 0) is 31.7 Å². The lowest BCUT2D eigenvalue weighted by Gasteiger charge is -2.22. The summed E-state index contributed by atoms with van der Waals surface area (Å²) in [5.41, 5.74) is 0. The van der Waals surface area contributed by atoms with E-state index in [4.69, 9.17) is 0 Å². The predicted molar refractivity (Wildman–Crippen MR) is 76.6 cm³/mol. The molecule has 0 saturated heterocycles. The van der Waals surface area contributed by atoms with E-state index in [1.54, 1.807) is 0 Å². The topological polar surface area (TPSA) is 41.1 Å². The van der Waals surface area contributed by atoms with Crippen LogP contribution in [0.15, 0.2) is 0 Å². The predicted octanol–water partition coefficient (Wildman–Crippen LogP) is 2.85. The minimum Gasteiger partial charge on any atom is -0.352 e. The van der Waals surface area contributed by atoms with E-state index in [0.717, 1.165) is 12.5 Å². The lowest BCUT2D eigenvalue weighted by atomic mass is 9.95. The van der Waals surface area contributed by atoms with E-state index in [1.165, 1.54) is 51.4 Å². The summed E-state index contributed by atoms with van der Waals surface area (Å²) in [4.78, 5) is 11.7. The molecule has 0 aromatic heterocycles. The maximum Gasteiger partial charge on any atom is 0.234 e. The zero-order valence-electron chi connectivity index (χ0n) is 12.1. The first-order valence-electron chi connectivity index (χ1n) is 7.68. The van der Waals surface area contributed by atoms with Gasteiger partial charge in [0.1, 0.15) is 0 Å². The molecule has 2 N–H and O–H groups in total. The summed E-state index contributed by atoms with van der Waals surface area (Å²) in [5.74, 6) is 0.963. The van der Waals surface area contributed by atoms with E-state index < -0.39 is 0 Å². The minimum absolute atomic E-state index is 0.172. The second kappa shape index (κ2) is 9.37. The molecule has 1 saturated carbocycles. The maximum atomic E-state index is 11.7. The Morgan fingerprint density at radius 3 is 2.56 bits per heavy atom. The van der Waals surface area contributed by atoms with Crippen LogP contribution in [0.2, 0.25) is 0 Å². The van der Waals surface area contributed by atoms with Gasteiger partial charge in [-0.25, -0.2) is 0 Å². The number of hydrogen-bond acceptors (Lipinski definition) is 2. The van der Waals surface area contributed by atoms with Crippen LogP contribution in [0.5, 0.6) is 0 Å². The van der Waals surface area contributed by atoms with Gasteiger partial charge in [-0.3, -0.25) is 4.79 Å². The van der Waals surface area contributed by atoms with E-state index in [2.05, 4.69) is 24.5 Å². The normalized spacial score (nSPS) is 17.1. The molecule has 3 nitrogen and oxygen atoms in total. The summed E-state index contributed by atoms with van der Waals surface area (Å²) in [6.07, 6.45) is 9.93. The Kier molecular flexibility index (Phi) is 8.06. The lowest BCUT2D eigenvalue weighted by molar-refractivity contribution is -0.121. The fourth-order valence-corrected chi connectivity index (χ4v) is 2.53. The average molecular weight is 254 g/mol. The highest BCUT2D eigenvalue weighted by Crippen LogP contribution is 2.17. The van der Waals surface area contributed by atoms with Crippen molar-refractivity contribution >= 4 is 5.91 Å². The maximum absolute atomic E-state index is 11.7. The lowest BCUT2D eigenvalue weighted by Crippen LogP contribution is -2.41. The fraction of sp³-hybridized carbons (Fsp3) is 0.933. The van der Waals surface area contributed by atoms with Crippen LogP contribution in [0.1, 0.15) is 65.2 Å². The third kappa shape index (κ3) is 7.70. The average Bonchev–Trinajstić information content (AvgIpc) is 2.34. The SMILES string of the molecule is CC(C)CCCCNCC(=O)NC1CCCCC1. The minimum atomic E-state index is 0.172. The number of carbonyl (C=O) groups excluding carboxylic acids is 1. The van der Waals surface area contributed by atoms with Crippen molar-refractivity contribution in [1.82, 2.24) is 10.6 Å². The third-order valence-electron chi connectivity index (χ3n) is 3.64. The van der Waals surface area contributed by atoms with Crippen molar-refractivity contribution < 1.29 is 4.79 Å². The van der Waals surface area contributed by atoms with Crippen molar-refractivity contribution in [2.24, 2.45) is 5.92 Å². The van der Waals surface area contributed by atoms with Crippen molar-refractivity contribution in [2.75, 3.05) is 13.1 Å². The first-order valence-corrected chi connectivity index (χ1v) is 7.68. The van der Waals surface area contributed by atoms with Gasteiger partial charge in [0.25, 0.3) is 0 Å². The Morgan fingerprint density at radius 1 is 1.17 bits per heavy atom. The highest BCUT2D eigenvalue weighted by Gasteiger charge is 2.14. The Labute approximate surface area is 112 Å². The summed E-state index contributed by atoms with van der Waals surface area (Å²) in [6, 6.07) is 0.439.